The van der Waals surface area contributed by atoms with E-state index in [9.17, 15) is 17.2 Å². The summed E-state index contributed by atoms with van der Waals surface area (Å²) in [5.74, 6) is -2.58. The van der Waals surface area contributed by atoms with Gasteiger partial charge in [-0.15, -0.1) is 11.3 Å². The lowest BCUT2D eigenvalue weighted by Gasteiger charge is -2.34. The molecule has 0 aliphatic carbocycles. The van der Waals surface area contributed by atoms with Crippen LogP contribution in [0.1, 0.15) is 12.8 Å². The van der Waals surface area contributed by atoms with Crippen LogP contribution in [-0.4, -0.2) is 45.8 Å². The van der Waals surface area contributed by atoms with Crippen molar-refractivity contribution in [3.63, 3.8) is 0 Å². The monoisotopic (exact) mass is 433 g/mol. The van der Waals surface area contributed by atoms with Gasteiger partial charge in [0.2, 0.25) is 10.0 Å². The van der Waals surface area contributed by atoms with Crippen LogP contribution in [-0.2, 0) is 10.0 Å². The second kappa shape index (κ2) is 7.94. The van der Waals surface area contributed by atoms with Gasteiger partial charge in [0.25, 0.3) is 5.92 Å². The van der Waals surface area contributed by atoms with Gasteiger partial charge in [-0.25, -0.2) is 21.5 Å². The van der Waals surface area contributed by atoms with Gasteiger partial charge in [-0.1, -0.05) is 12.1 Å². The van der Waals surface area contributed by atoms with E-state index in [4.69, 9.17) is 0 Å². The van der Waals surface area contributed by atoms with Gasteiger partial charge in [0.05, 0.1) is 20.5 Å². The van der Waals surface area contributed by atoms with Gasteiger partial charge in [-0.05, 0) is 30.1 Å². The maximum Gasteiger partial charge on any atom is 0.251 e. The fraction of sp³-hybridized carbons (Fsp3) is 0.412. The summed E-state index contributed by atoms with van der Waals surface area (Å²) in [4.78, 5) is 2.21. The third-order valence-corrected chi connectivity index (χ3v) is 8.17. The second-order valence-electron chi connectivity index (χ2n) is 6.45. The molecule has 0 atom stereocenters. The summed E-state index contributed by atoms with van der Waals surface area (Å²) < 4.78 is 56.4. The van der Waals surface area contributed by atoms with E-state index >= 15 is 0 Å². The van der Waals surface area contributed by atoms with Crippen LogP contribution in [0.25, 0.3) is 0 Å². The Balaban J connectivity index is 1.70. The highest BCUT2D eigenvalue weighted by molar-refractivity contribution is 8.02. The highest BCUT2D eigenvalue weighted by Crippen LogP contribution is 2.36. The van der Waals surface area contributed by atoms with Crippen LogP contribution in [0.5, 0.6) is 0 Å². The molecule has 1 fully saturated rings. The molecule has 1 aliphatic rings. The van der Waals surface area contributed by atoms with Crippen molar-refractivity contribution in [1.29, 1.82) is 0 Å². The lowest BCUT2D eigenvalue weighted by molar-refractivity contribution is -0.0220. The Kier molecular flexibility index (Phi) is 5.99. The molecule has 0 radical (unpaired) electrons. The zero-order valence-corrected chi connectivity index (χ0v) is 17.4. The molecular formula is C17H21F2N3O2S3. The first kappa shape index (κ1) is 20.4. The normalized spacial score (nSPS) is 17.3. The van der Waals surface area contributed by atoms with Crippen molar-refractivity contribution in [3.8, 4) is 0 Å². The Morgan fingerprint density at radius 2 is 1.89 bits per heavy atom. The Morgan fingerprint density at radius 3 is 2.56 bits per heavy atom. The lowest BCUT2D eigenvalue weighted by atomic mass is 10.1. The summed E-state index contributed by atoms with van der Waals surface area (Å²) in [5.41, 5.74) is 1.69. The number of halogens is 2. The number of rotatable bonds is 6. The molecule has 1 saturated heterocycles. The van der Waals surface area contributed by atoms with E-state index in [0.717, 1.165) is 15.6 Å². The Labute approximate surface area is 166 Å². The summed E-state index contributed by atoms with van der Waals surface area (Å²) in [6, 6.07) is 9.18. The Morgan fingerprint density at radius 1 is 1.22 bits per heavy atom. The molecule has 1 aliphatic heterocycles. The van der Waals surface area contributed by atoms with Crippen molar-refractivity contribution in [2.45, 2.75) is 27.9 Å². The average Bonchev–Trinajstić information content (AvgIpc) is 3.10. The molecule has 27 heavy (non-hydrogen) atoms. The predicted molar refractivity (Wildman–Crippen MR) is 108 cm³/mol. The van der Waals surface area contributed by atoms with E-state index in [0.29, 0.717) is 13.1 Å². The lowest BCUT2D eigenvalue weighted by Crippen LogP contribution is -2.39. The number of thiophene rings is 1. The number of hydrogen-bond acceptors (Lipinski definition) is 6. The molecule has 5 nitrogen and oxygen atoms in total. The zero-order chi connectivity index (χ0) is 19.7. The minimum atomic E-state index is -3.45. The van der Waals surface area contributed by atoms with Gasteiger partial charge >= 0.3 is 0 Å². The topological polar surface area (TPSA) is 52.7 Å². The van der Waals surface area contributed by atoms with Crippen molar-refractivity contribution in [2.24, 2.45) is 0 Å². The number of anilines is 2. The summed E-state index contributed by atoms with van der Waals surface area (Å²) in [5, 5.41) is 1.61. The van der Waals surface area contributed by atoms with Crippen molar-refractivity contribution in [2.75, 3.05) is 36.8 Å². The zero-order valence-electron chi connectivity index (χ0n) is 15.0. The number of benzene rings is 1. The van der Waals surface area contributed by atoms with Gasteiger partial charge < -0.3 is 9.62 Å². The molecule has 1 aromatic carbocycles. The van der Waals surface area contributed by atoms with E-state index in [1.807, 2.05) is 29.2 Å². The highest BCUT2D eigenvalue weighted by Gasteiger charge is 2.34. The van der Waals surface area contributed by atoms with E-state index in [-0.39, 0.29) is 17.7 Å². The number of alkyl halides is 2. The first-order valence-electron chi connectivity index (χ1n) is 8.35. The molecule has 0 spiro atoms. The third kappa shape index (κ3) is 4.74. The van der Waals surface area contributed by atoms with Gasteiger partial charge in [0, 0.05) is 45.4 Å². The fourth-order valence-corrected chi connectivity index (χ4v) is 5.71. The van der Waals surface area contributed by atoms with Crippen LogP contribution in [0.15, 0.2) is 44.8 Å². The van der Waals surface area contributed by atoms with Gasteiger partial charge in [0.1, 0.15) is 0 Å². The average molecular weight is 434 g/mol. The summed E-state index contributed by atoms with van der Waals surface area (Å²) >= 11 is 2.65. The van der Waals surface area contributed by atoms with Crippen LogP contribution >= 0.6 is 23.3 Å². The SMILES string of the molecule is CN(C)S(=O)(=O)c1csc(SNc2ccccc2N2CCC(F)(F)CC2)c1. The molecule has 0 amide bonds. The van der Waals surface area contributed by atoms with Crippen molar-refractivity contribution >= 4 is 44.7 Å². The minimum absolute atomic E-state index is 0.148. The molecule has 2 aromatic rings. The maximum absolute atomic E-state index is 13.4. The van der Waals surface area contributed by atoms with Gasteiger partial charge in [-0.2, -0.15) is 0 Å². The van der Waals surface area contributed by atoms with Crippen LogP contribution in [0.4, 0.5) is 20.2 Å². The molecule has 1 aromatic heterocycles. The number of hydrogen-bond donors (Lipinski definition) is 1. The predicted octanol–water partition coefficient (Wildman–Crippen LogP) is 4.35. The molecule has 10 heteroatoms. The smallest absolute Gasteiger partial charge is 0.251 e. The largest absolute Gasteiger partial charge is 0.369 e. The highest BCUT2D eigenvalue weighted by atomic mass is 32.2. The van der Waals surface area contributed by atoms with Crippen LogP contribution in [0.3, 0.4) is 0 Å². The molecule has 0 unspecified atom stereocenters. The molecule has 2 heterocycles. The van der Waals surface area contributed by atoms with E-state index in [1.54, 1.807) is 11.4 Å². The minimum Gasteiger partial charge on any atom is -0.369 e. The maximum atomic E-state index is 13.4. The van der Waals surface area contributed by atoms with E-state index in [2.05, 4.69) is 4.72 Å². The van der Waals surface area contributed by atoms with Gasteiger partial charge in [-0.3, -0.25) is 0 Å². The fourth-order valence-electron chi connectivity index (χ4n) is 2.72. The van der Waals surface area contributed by atoms with Crippen molar-refractivity contribution in [3.05, 3.63) is 35.7 Å². The first-order valence-corrected chi connectivity index (χ1v) is 11.5. The quantitative estimate of drug-likeness (QED) is 0.687. The molecule has 1 N–H and O–H groups in total. The number of nitrogens with zero attached hydrogens (tertiary/aromatic N) is 2. The van der Waals surface area contributed by atoms with E-state index < -0.39 is 15.9 Å². The molecular weight excluding hydrogens is 412 g/mol. The standard InChI is InChI=1S/C17H21F2N3O2S3/c1-21(2)27(23,24)13-11-16(25-12-13)26-20-14-5-3-4-6-15(14)22-9-7-17(18,19)8-10-22/h3-6,11-12,20H,7-10H2,1-2H3. The molecule has 0 bridgehead atoms. The molecule has 0 saturated carbocycles. The number of para-hydroxylation sites is 2. The van der Waals surface area contributed by atoms with Crippen LogP contribution in [0.2, 0.25) is 0 Å². The van der Waals surface area contributed by atoms with Crippen LogP contribution < -0.4 is 9.62 Å². The third-order valence-electron chi connectivity index (χ3n) is 4.33. The summed E-state index contributed by atoms with van der Waals surface area (Å²) in [7, 11) is -0.459. The van der Waals surface area contributed by atoms with Gasteiger partial charge in [0.15, 0.2) is 0 Å². The van der Waals surface area contributed by atoms with Crippen LogP contribution in [0, 0.1) is 0 Å². The number of nitrogens with one attached hydrogen (secondary N) is 1. The summed E-state index contributed by atoms with van der Waals surface area (Å²) in [6.07, 6.45) is -0.295. The van der Waals surface area contributed by atoms with Crippen molar-refractivity contribution in [1.82, 2.24) is 4.31 Å². The first-order chi connectivity index (χ1) is 12.7. The molecule has 3 rings (SSSR count). The number of sulfonamides is 1. The summed E-state index contributed by atoms with van der Waals surface area (Å²) in [6.45, 7) is 0.612. The molecule has 148 valence electrons. The van der Waals surface area contributed by atoms with Crippen molar-refractivity contribution < 1.29 is 17.2 Å². The Hall–Kier alpha value is -1.36. The second-order valence-corrected chi connectivity index (χ2v) is 10.6. The van der Waals surface area contributed by atoms with E-state index in [1.165, 1.54) is 41.7 Å². The number of piperidine rings is 1. The Bertz CT molecular complexity index is 890.